The third-order valence-corrected chi connectivity index (χ3v) is 3.07. The maximum absolute atomic E-state index is 5.74. The van der Waals surface area contributed by atoms with Crippen molar-refractivity contribution in [1.29, 1.82) is 0 Å². The van der Waals surface area contributed by atoms with Crippen LogP contribution in [0.4, 0.5) is 0 Å². The Hall–Kier alpha value is -1.32. The number of nitrogens with zero attached hydrogens (tertiary/aromatic N) is 3. The predicted octanol–water partition coefficient (Wildman–Crippen LogP) is 3.35. The third-order valence-electron chi connectivity index (χ3n) is 2.73. The molecule has 0 aliphatic carbocycles. The second-order valence-corrected chi connectivity index (χ2v) is 4.75. The molecule has 1 aromatic carbocycles. The Morgan fingerprint density at radius 3 is 2.58 bits per heavy atom. The van der Waals surface area contributed by atoms with Crippen molar-refractivity contribution in [1.82, 2.24) is 9.99 Å². The van der Waals surface area contributed by atoms with Gasteiger partial charge in [0.1, 0.15) is 0 Å². The van der Waals surface area contributed by atoms with Gasteiger partial charge in [0, 0.05) is 42.0 Å². The zero-order valence-electron chi connectivity index (χ0n) is 10.5. The normalized spacial score (nSPS) is 11.3. The molecular weight excluding hydrogens is 281 g/mol. The number of hydrogen-bond donors (Lipinski definition) is 0. The van der Waals surface area contributed by atoms with Crippen LogP contribution >= 0.6 is 23.2 Å². The van der Waals surface area contributed by atoms with Gasteiger partial charge in [-0.05, 0) is 12.1 Å². The Bertz CT molecular complexity index is 546. The first-order chi connectivity index (χ1) is 9.35. The highest BCUT2D eigenvalue weighted by Gasteiger charge is 2.01. The van der Waals surface area contributed by atoms with Crippen LogP contribution in [0.3, 0.4) is 0 Å². The van der Waals surface area contributed by atoms with Crippen LogP contribution in [0.2, 0.25) is 0 Å². The lowest BCUT2D eigenvalue weighted by molar-refractivity contribution is 0.327. The number of alkyl halides is 2. The standard InChI is InChI=1S/C14H15Cl2N3/c15-6-9-19(10-7-16)18-11-12-5-8-17-14-4-2-1-3-13(12)14/h1-5,8,11H,6-7,9-10H2/b18-11-. The van der Waals surface area contributed by atoms with Crippen LogP contribution in [0.5, 0.6) is 0 Å². The van der Waals surface area contributed by atoms with Crippen LogP contribution in [0.1, 0.15) is 5.56 Å². The minimum atomic E-state index is 0.533. The number of rotatable bonds is 6. The summed E-state index contributed by atoms with van der Waals surface area (Å²) in [6.45, 7) is 1.38. The molecule has 0 saturated heterocycles. The second-order valence-electron chi connectivity index (χ2n) is 3.99. The summed E-state index contributed by atoms with van der Waals surface area (Å²) in [6, 6.07) is 9.95. The number of halogens is 2. The van der Waals surface area contributed by atoms with Gasteiger partial charge in [-0.2, -0.15) is 5.10 Å². The van der Waals surface area contributed by atoms with Crippen LogP contribution in [0.15, 0.2) is 41.6 Å². The molecule has 0 radical (unpaired) electrons. The van der Waals surface area contributed by atoms with E-state index in [2.05, 4.69) is 10.1 Å². The molecule has 0 amide bonds. The number of fused-ring (bicyclic) bond motifs is 1. The van der Waals surface area contributed by atoms with E-state index in [0.717, 1.165) is 16.5 Å². The molecule has 0 aliphatic rings. The fraction of sp³-hybridized carbons (Fsp3) is 0.286. The Balaban J connectivity index is 2.24. The maximum atomic E-state index is 5.74. The molecule has 0 saturated carbocycles. The summed E-state index contributed by atoms with van der Waals surface area (Å²) < 4.78 is 0. The van der Waals surface area contributed by atoms with E-state index in [1.165, 1.54) is 0 Å². The molecule has 0 spiro atoms. The summed E-state index contributed by atoms with van der Waals surface area (Å²) in [5, 5.41) is 7.39. The molecule has 0 N–H and O–H groups in total. The van der Waals surface area contributed by atoms with Gasteiger partial charge >= 0.3 is 0 Å². The molecule has 3 nitrogen and oxygen atoms in total. The molecule has 100 valence electrons. The summed E-state index contributed by atoms with van der Waals surface area (Å²) in [4.78, 5) is 4.32. The first-order valence-electron chi connectivity index (χ1n) is 6.10. The third kappa shape index (κ3) is 3.82. The van der Waals surface area contributed by atoms with Crippen LogP contribution in [0.25, 0.3) is 10.9 Å². The van der Waals surface area contributed by atoms with E-state index in [-0.39, 0.29) is 0 Å². The molecule has 0 fully saturated rings. The average molecular weight is 296 g/mol. The quantitative estimate of drug-likeness (QED) is 0.464. The van der Waals surface area contributed by atoms with Gasteiger partial charge in [0.15, 0.2) is 0 Å². The smallest absolute Gasteiger partial charge is 0.0708 e. The molecule has 0 unspecified atom stereocenters. The van der Waals surface area contributed by atoms with E-state index in [0.29, 0.717) is 24.8 Å². The predicted molar refractivity (Wildman–Crippen MR) is 82.4 cm³/mol. The van der Waals surface area contributed by atoms with E-state index in [9.17, 15) is 0 Å². The fourth-order valence-electron chi connectivity index (χ4n) is 1.80. The van der Waals surface area contributed by atoms with Gasteiger partial charge in [-0.1, -0.05) is 18.2 Å². The summed E-state index contributed by atoms with van der Waals surface area (Å²) in [6.07, 6.45) is 3.63. The number of aromatic nitrogens is 1. The van der Waals surface area contributed by atoms with E-state index >= 15 is 0 Å². The van der Waals surface area contributed by atoms with Crippen LogP contribution in [-0.4, -0.2) is 41.1 Å². The first-order valence-corrected chi connectivity index (χ1v) is 7.16. The SMILES string of the molecule is ClCCN(CCCl)/N=C\c1ccnc2ccccc12. The topological polar surface area (TPSA) is 28.5 Å². The molecule has 2 rings (SSSR count). The van der Waals surface area contributed by atoms with Crippen molar-refractivity contribution >= 4 is 40.3 Å². The molecule has 1 aromatic heterocycles. The summed E-state index contributed by atoms with van der Waals surface area (Å²) in [5.41, 5.74) is 2.01. The van der Waals surface area contributed by atoms with Gasteiger partial charge in [-0.15, -0.1) is 23.2 Å². The maximum Gasteiger partial charge on any atom is 0.0708 e. The second kappa shape index (κ2) is 7.31. The lowest BCUT2D eigenvalue weighted by Crippen LogP contribution is -2.22. The van der Waals surface area contributed by atoms with Crippen molar-refractivity contribution in [3.8, 4) is 0 Å². The van der Waals surface area contributed by atoms with E-state index in [1.807, 2.05) is 41.6 Å². The largest absolute Gasteiger partial charge is 0.295 e. The van der Waals surface area contributed by atoms with Gasteiger partial charge in [0.05, 0.1) is 11.7 Å². The molecule has 0 aliphatic heterocycles. The van der Waals surface area contributed by atoms with Crippen molar-refractivity contribution < 1.29 is 0 Å². The number of benzene rings is 1. The van der Waals surface area contributed by atoms with Crippen LogP contribution in [0, 0.1) is 0 Å². The van der Waals surface area contributed by atoms with E-state index in [1.54, 1.807) is 6.20 Å². The highest BCUT2D eigenvalue weighted by molar-refractivity contribution is 6.18. The molecule has 2 aromatic rings. The zero-order valence-corrected chi connectivity index (χ0v) is 12.0. The van der Waals surface area contributed by atoms with E-state index in [4.69, 9.17) is 23.2 Å². The van der Waals surface area contributed by atoms with Gasteiger partial charge < -0.3 is 0 Å². The van der Waals surface area contributed by atoms with Gasteiger partial charge in [0.2, 0.25) is 0 Å². The van der Waals surface area contributed by atoms with Crippen molar-refractivity contribution in [2.45, 2.75) is 0 Å². The first kappa shape index (κ1) is 14.1. The fourth-order valence-corrected chi connectivity index (χ4v) is 2.19. The van der Waals surface area contributed by atoms with E-state index < -0.39 is 0 Å². The van der Waals surface area contributed by atoms with Crippen molar-refractivity contribution in [3.63, 3.8) is 0 Å². The van der Waals surface area contributed by atoms with Gasteiger partial charge in [-0.25, -0.2) is 0 Å². The minimum Gasteiger partial charge on any atom is -0.295 e. The van der Waals surface area contributed by atoms with Gasteiger partial charge in [-0.3, -0.25) is 9.99 Å². The molecule has 1 heterocycles. The van der Waals surface area contributed by atoms with Crippen LogP contribution < -0.4 is 0 Å². The monoisotopic (exact) mass is 295 g/mol. The zero-order chi connectivity index (χ0) is 13.5. The lowest BCUT2D eigenvalue weighted by Gasteiger charge is -2.15. The molecule has 0 atom stereocenters. The molecular formula is C14H15Cl2N3. The van der Waals surface area contributed by atoms with Crippen molar-refractivity contribution in [2.24, 2.45) is 5.10 Å². The molecule has 0 bridgehead atoms. The van der Waals surface area contributed by atoms with Crippen LogP contribution in [-0.2, 0) is 0 Å². The van der Waals surface area contributed by atoms with Crippen molar-refractivity contribution in [2.75, 3.05) is 24.8 Å². The molecule has 5 heteroatoms. The minimum absolute atomic E-state index is 0.533. The highest BCUT2D eigenvalue weighted by Crippen LogP contribution is 2.14. The lowest BCUT2D eigenvalue weighted by atomic mass is 10.1. The van der Waals surface area contributed by atoms with Gasteiger partial charge in [0.25, 0.3) is 0 Å². The number of hydrogen-bond acceptors (Lipinski definition) is 3. The molecule has 19 heavy (non-hydrogen) atoms. The average Bonchev–Trinajstić information content (AvgIpc) is 2.45. The number of pyridine rings is 1. The summed E-state index contributed by atoms with van der Waals surface area (Å²) in [5.74, 6) is 1.07. The summed E-state index contributed by atoms with van der Waals surface area (Å²) >= 11 is 11.5. The Kier molecular flexibility index (Phi) is 5.43. The Morgan fingerprint density at radius 2 is 1.84 bits per heavy atom. The number of para-hydroxylation sites is 1. The summed E-state index contributed by atoms with van der Waals surface area (Å²) in [7, 11) is 0. The highest BCUT2D eigenvalue weighted by atomic mass is 35.5. The van der Waals surface area contributed by atoms with Crippen molar-refractivity contribution in [3.05, 3.63) is 42.1 Å². The Labute approximate surface area is 122 Å². The number of hydrazone groups is 1. The Morgan fingerprint density at radius 1 is 1.11 bits per heavy atom.